The predicted octanol–water partition coefficient (Wildman–Crippen LogP) is 2.10. The van der Waals surface area contributed by atoms with Crippen molar-refractivity contribution in [2.75, 3.05) is 19.7 Å². The number of piperidine rings is 1. The summed E-state index contributed by atoms with van der Waals surface area (Å²) in [6, 6.07) is 0.0482. The van der Waals surface area contributed by atoms with Gasteiger partial charge >= 0.3 is 6.03 Å². The molecule has 0 bridgehead atoms. The molecule has 1 heterocycles. The average molecular weight is 297 g/mol. The van der Waals surface area contributed by atoms with Crippen LogP contribution in [0, 0.1) is 5.92 Å². The molecule has 0 radical (unpaired) electrons. The van der Waals surface area contributed by atoms with Crippen LogP contribution in [0.4, 0.5) is 4.79 Å². The van der Waals surface area contributed by atoms with Gasteiger partial charge in [0, 0.05) is 19.1 Å². The molecule has 2 unspecified atom stereocenters. The van der Waals surface area contributed by atoms with Gasteiger partial charge < -0.3 is 20.7 Å². The van der Waals surface area contributed by atoms with Gasteiger partial charge in [-0.25, -0.2) is 4.79 Å². The number of nitrogens with one attached hydrogen (secondary N) is 1. The van der Waals surface area contributed by atoms with Gasteiger partial charge in [0.25, 0.3) is 0 Å². The Bertz CT molecular complexity index is 329. The van der Waals surface area contributed by atoms with Crippen LogP contribution in [-0.2, 0) is 4.74 Å². The van der Waals surface area contributed by atoms with E-state index in [1.54, 1.807) is 0 Å². The van der Waals surface area contributed by atoms with E-state index in [9.17, 15) is 4.79 Å². The van der Waals surface area contributed by atoms with Crippen molar-refractivity contribution in [3.8, 4) is 0 Å². The van der Waals surface area contributed by atoms with Gasteiger partial charge in [-0.15, -0.1) is 0 Å². The first-order valence-electron chi connectivity index (χ1n) is 8.53. The zero-order valence-corrected chi connectivity index (χ0v) is 13.5. The molecule has 5 nitrogen and oxygen atoms in total. The summed E-state index contributed by atoms with van der Waals surface area (Å²) in [5.41, 5.74) is 6.24. The van der Waals surface area contributed by atoms with E-state index in [2.05, 4.69) is 12.2 Å². The van der Waals surface area contributed by atoms with Crippen molar-refractivity contribution in [1.29, 1.82) is 0 Å². The maximum absolute atomic E-state index is 12.2. The number of hydrogen-bond donors (Lipinski definition) is 2. The molecule has 3 N–H and O–H groups in total. The Morgan fingerprint density at radius 1 is 1.29 bits per heavy atom. The van der Waals surface area contributed by atoms with E-state index >= 15 is 0 Å². The Hall–Kier alpha value is -0.810. The molecule has 1 saturated heterocycles. The molecule has 1 aliphatic carbocycles. The summed E-state index contributed by atoms with van der Waals surface area (Å²) < 4.78 is 6.10. The van der Waals surface area contributed by atoms with Crippen molar-refractivity contribution in [2.24, 2.45) is 11.7 Å². The highest BCUT2D eigenvalue weighted by atomic mass is 16.5. The van der Waals surface area contributed by atoms with Gasteiger partial charge in [0.05, 0.1) is 18.8 Å². The minimum Gasteiger partial charge on any atom is -0.376 e. The zero-order valence-electron chi connectivity index (χ0n) is 13.5. The Kier molecular flexibility index (Phi) is 6.30. The largest absolute Gasteiger partial charge is 0.376 e. The molecule has 2 rings (SSSR count). The van der Waals surface area contributed by atoms with Gasteiger partial charge in [0.1, 0.15) is 0 Å². The third-order valence-electron chi connectivity index (χ3n) is 4.89. The molecule has 2 aliphatic rings. The summed E-state index contributed by atoms with van der Waals surface area (Å²) in [4.78, 5) is 14.0. The first kappa shape index (κ1) is 16.6. The predicted molar refractivity (Wildman–Crippen MR) is 84.1 cm³/mol. The first-order chi connectivity index (χ1) is 10.1. The van der Waals surface area contributed by atoms with E-state index in [1.807, 2.05) is 11.8 Å². The Morgan fingerprint density at radius 2 is 2.00 bits per heavy atom. The van der Waals surface area contributed by atoms with Gasteiger partial charge in [0.15, 0.2) is 0 Å². The Morgan fingerprint density at radius 3 is 2.67 bits per heavy atom. The highest BCUT2D eigenvalue weighted by molar-refractivity contribution is 5.74. The molecule has 5 heteroatoms. The van der Waals surface area contributed by atoms with Crippen LogP contribution in [0.25, 0.3) is 0 Å². The minimum absolute atomic E-state index is 0.00137. The lowest BCUT2D eigenvalue weighted by Crippen LogP contribution is -2.58. The van der Waals surface area contributed by atoms with Crippen molar-refractivity contribution in [3.05, 3.63) is 0 Å². The first-order valence-corrected chi connectivity index (χ1v) is 8.53. The Labute approximate surface area is 128 Å². The summed E-state index contributed by atoms with van der Waals surface area (Å²) in [6.07, 6.45) is 7.10. The molecular formula is C16H31N3O2. The van der Waals surface area contributed by atoms with Crippen LogP contribution >= 0.6 is 0 Å². The SMILES string of the molecule is CCNC(=O)N1CCCC(N)C1COC1CCC(C)CC1. The summed E-state index contributed by atoms with van der Waals surface area (Å²) in [5.74, 6) is 0.827. The standard InChI is InChI=1S/C16H31N3O2/c1-3-18-16(20)19-10-4-5-14(17)15(19)11-21-13-8-6-12(2)7-9-13/h12-15H,3-11,17H2,1-2H3,(H,18,20). The topological polar surface area (TPSA) is 67.6 Å². The van der Waals surface area contributed by atoms with Gasteiger partial charge in [-0.1, -0.05) is 6.92 Å². The molecule has 1 aliphatic heterocycles. The van der Waals surface area contributed by atoms with E-state index in [-0.39, 0.29) is 18.1 Å². The fourth-order valence-corrected chi connectivity index (χ4v) is 3.44. The smallest absolute Gasteiger partial charge is 0.317 e. The maximum Gasteiger partial charge on any atom is 0.317 e. The normalized spacial score (nSPS) is 33.8. The monoisotopic (exact) mass is 297 g/mol. The molecular weight excluding hydrogens is 266 g/mol. The van der Waals surface area contributed by atoms with E-state index < -0.39 is 0 Å². The quantitative estimate of drug-likeness (QED) is 0.835. The molecule has 0 spiro atoms. The number of rotatable bonds is 4. The number of nitrogens with two attached hydrogens (primary N) is 1. The van der Waals surface area contributed by atoms with Gasteiger partial charge in [0.2, 0.25) is 0 Å². The molecule has 0 aromatic heterocycles. The lowest BCUT2D eigenvalue weighted by molar-refractivity contribution is -0.0188. The van der Waals surface area contributed by atoms with Crippen LogP contribution in [0.5, 0.6) is 0 Å². The second-order valence-corrected chi connectivity index (χ2v) is 6.62. The van der Waals surface area contributed by atoms with Crippen molar-refractivity contribution in [1.82, 2.24) is 10.2 Å². The van der Waals surface area contributed by atoms with Crippen molar-refractivity contribution in [3.63, 3.8) is 0 Å². The number of carbonyl (C=O) groups excluding carboxylic acids is 1. The average Bonchev–Trinajstić information content (AvgIpc) is 2.47. The number of hydrogen-bond acceptors (Lipinski definition) is 3. The van der Waals surface area contributed by atoms with Gasteiger partial charge in [-0.05, 0) is 51.4 Å². The highest BCUT2D eigenvalue weighted by Gasteiger charge is 2.33. The molecule has 2 amide bonds. The van der Waals surface area contributed by atoms with Crippen molar-refractivity contribution in [2.45, 2.75) is 70.6 Å². The molecule has 21 heavy (non-hydrogen) atoms. The van der Waals surface area contributed by atoms with Crippen LogP contribution in [0.1, 0.15) is 52.4 Å². The maximum atomic E-state index is 12.2. The molecule has 2 atom stereocenters. The molecule has 0 aromatic carbocycles. The van der Waals surface area contributed by atoms with E-state index in [0.29, 0.717) is 19.3 Å². The van der Waals surface area contributed by atoms with Crippen LogP contribution in [0.3, 0.4) is 0 Å². The number of amides is 2. The van der Waals surface area contributed by atoms with Crippen LogP contribution in [0.15, 0.2) is 0 Å². The fourth-order valence-electron chi connectivity index (χ4n) is 3.44. The van der Waals surface area contributed by atoms with Crippen LogP contribution in [0.2, 0.25) is 0 Å². The summed E-state index contributed by atoms with van der Waals surface area (Å²) in [5, 5.41) is 2.89. The lowest BCUT2D eigenvalue weighted by Gasteiger charge is -2.40. The summed E-state index contributed by atoms with van der Waals surface area (Å²) >= 11 is 0. The number of nitrogens with zero attached hydrogens (tertiary/aromatic N) is 1. The summed E-state index contributed by atoms with van der Waals surface area (Å²) in [7, 11) is 0. The van der Waals surface area contributed by atoms with E-state index in [0.717, 1.165) is 38.1 Å². The fraction of sp³-hybridized carbons (Fsp3) is 0.938. The van der Waals surface area contributed by atoms with E-state index in [1.165, 1.54) is 12.8 Å². The number of likely N-dealkylation sites (tertiary alicyclic amines) is 1. The van der Waals surface area contributed by atoms with Crippen molar-refractivity contribution >= 4 is 6.03 Å². The minimum atomic E-state index is -0.00137. The third-order valence-corrected chi connectivity index (χ3v) is 4.89. The van der Waals surface area contributed by atoms with Crippen molar-refractivity contribution < 1.29 is 9.53 Å². The third kappa shape index (κ3) is 4.58. The number of ether oxygens (including phenoxy) is 1. The zero-order chi connectivity index (χ0) is 15.2. The molecule has 0 aromatic rings. The molecule has 122 valence electrons. The second kappa shape index (κ2) is 7.99. The number of urea groups is 1. The molecule has 1 saturated carbocycles. The Balaban J connectivity index is 1.86. The molecule has 2 fully saturated rings. The van der Waals surface area contributed by atoms with E-state index in [4.69, 9.17) is 10.5 Å². The van der Waals surface area contributed by atoms with Gasteiger partial charge in [-0.2, -0.15) is 0 Å². The van der Waals surface area contributed by atoms with Crippen LogP contribution < -0.4 is 11.1 Å². The second-order valence-electron chi connectivity index (χ2n) is 6.62. The highest BCUT2D eigenvalue weighted by Crippen LogP contribution is 2.26. The van der Waals surface area contributed by atoms with Gasteiger partial charge in [-0.3, -0.25) is 0 Å². The van der Waals surface area contributed by atoms with Crippen LogP contribution in [-0.4, -0.2) is 48.8 Å². The lowest BCUT2D eigenvalue weighted by atomic mass is 9.89. The summed E-state index contributed by atoms with van der Waals surface area (Å²) in [6.45, 7) is 6.27. The number of carbonyl (C=O) groups is 1.